The average Bonchev–Trinajstić information content (AvgIpc) is 3.42. The number of carbonyl (C=O) groups excluding carboxylic acids is 3. The molecule has 1 atom stereocenters. The van der Waals surface area contributed by atoms with E-state index in [9.17, 15) is 14.4 Å². The first-order chi connectivity index (χ1) is 18.8. The molecule has 0 unspecified atom stereocenters. The van der Waals surface area contributed by atoms with E-state index in [1.165, 1.54) is 28.5 Å². The molecule has 0 spiro atoms. The Labute approximate surface area is 226 Å². The summed E-state index contributed by atoms with van der Waals surface area (Å²) in [6.07, 6.45) is 1.87. The summed E-state index contributed by atoms with van der Waals surface area (Å²) < 4.78 is 5.23. The minimum Gasteiger partial charge on any atom is -0.497 e. The number of ether oxygens (including phenoxy) is 1. The van der Waals surface area contributed by atoms with Gasteiger partial charge in [0.25, 0.3) is 5.91 Å². The standard InChI is InChI=1S/C29H30N6O4/c1-20(36)30-24-12-10-23(11-13-24)27-19-34(32-31-27)35(21(2)37)28(18-22-8-6-5-7-9-22)29(38)33(3)25-14-16-26(39-4)17-15-25/h5-17,19,28H,18H2,1-4H3,(H,30,36)/t28-/m0/s1. The quantitative estimate of drug-likeness (QED) is 0.356. The monoisotopic (exact) mass is 526 g/mol. The molecule has 10 heteroatoms. The summed E-state index contributed by atoms with van der Waals surface area (Å²) in [6, 6.07) is 22.8. The maximum atomic E-state index is 13.9. The van der Waals surface area contributed by atoms with E-state index in [0.717, 1.165) is 11.1 Å². The second-order valence-corrected chi connectivity index (χ2v) is 8.95. The topological polar surface area (TPSA) is 110 Å². The first-order valence-corrected chi connectivity index (χ1v) is 12.3. The Morgan fingerprint density at radius 3 is 2.21 bits per heavy atom. The number of anilines is 2. The number of methoxy groups -OCH3 is 1. The molecule has 0 saturated carbocycles. The molecule has 0 saturated heterocycles. The highest BCUT2D eigenvalue weighted by Gasteiger charge is 2.33. The Kier molecular flexibility index (Phi) is 8.35. The number of benzene rings is 3. The lowest BCUT2D eigenvalue weighted by molar-refractivity contribution is -0.125. The number of nitrogens with zero attached hydrogens (tertiary/aromatic N) is 5. The third-order valence-electron chi connectivity index (χ3n) is 6.17. The molecule has 0 aliphatic carbocycles. The fourth-order valence-electron chi connectivity index (χ4n) is 4.20. The fraction of sp³-hybridized carbons (Fsp3) is 0.207. The first kappa shape index (κ1) is 27.1. The van der Waals surface area contributed by atoms with Crippen LogP contribution < -0.4 is 20.0 Å². The summed E-state index contributed by atoms with van der Waals surface area (Å²) in [4.78, 5) is 41.1. The first-order valence-electron chi connectivity index (χ1n) is 12.3. The molecular formula is C29H30N6O4. The zero-order chi connectivity index (χ0) is 27.9. The van der Waals surface area contributed by atoms with Gasteiger partial charge in [-0.05, 0) is 47.2 Å². The molecule has 3 aromatic carbocycles. The van der Waals surface area contributed by atoms with E-state index in [1.54, 1.807) is 68.9 Å². The minimum atomic E-state index is -0.909. The predicted octanol–water partition coefficient (Wildman–Crippen LogP) is 3.67. The zero-order valence-electron chi connectivity index (χ0n) is 22.2. The van der Waals surface area contributed by atoms with Crippen LogP contribution in [0.4, 0.5) is 11.4 Å². The molecule has 10 nitrogen and oxygen atoms in total. The highest BCUT2D eigenvalue weighted by atomic mass is 16.5. The lowest BCUT2D eigenvalue weighted by Gasteiger charge is -2.32. The molecule has 1 N–H and O–H groups in total. The van der Waals surface area contributed by atoms with Gasteiger partial charge in [-0.25, -0.2) is 5.01 Å². The van der Waals surface area contributed by atoms with E-state index in [4.69, 9.17) is 4.74 Å². The predicted molar refractivity (Wildman–Crippen MR) is 149 cm³/mol. The molecule has 200 valence electrons. The third kappa shape index (κ3) is 6.48. The Morgan fingerprint density at radius 1 is 0.949 bits per heavy atom. The summed E-state index contributed by atoms with van der Waals surface area (Å²) >= 11 is 0. The van der Waals surface area contributed by atoms with Gasteiger partial charge in [0.2, 0.25) is 11.8 Å². The minimum absolute atomic E-state index is 0.167. The van der Waals surface area contributed by atoms with Crippen molar-refractivity contribution < 1.29 is 19.1 Å². The van der Waals surface area contributed by atoms with Crippen molar-refractivity contribution in [2.45, 2.75) is 26.3 Å². The Balaban J connectivity index is 1.67. The maximum Gasteiger partial charge on any atom is 0.252 e. The van der Waals surface area contributed by atoms with Gasteiger partial charge in [0.1, 0.15) is 17.5 Å². The zero-order valence-corrected chi connectivity index (χ0v) is 22.2. The molecule has 4 rings (SSSR count). The van der Waals surface area contributed by atoms with E-state index in [0.29, 0.717) is 22.8 Å². The molecule has 0 aliphatic heterocycles. The number of nitrogens with one attached hydrogen (secondary N) is 1. The number of hydrogen-bond acceptors (Lipinski definition) is 6. The largest absolute Gasteiger partial charge is 0.497 e. The number of likely N-dealkylation sites (N-methyl/N-ethyl adjacent to an activating group) is 1. The van der Waals surface area contributed by atoms with Gasteiger partial charge in [-0.15, -0.1) is 5.10 Å². The molecule has 4 aromatic rings. The fourth-order valence-corrected chi connectivity index (χ4v) is 4.20. The van der Waals surface area contributed by atoms with Gasteiger partial charge in [0, 0.05) is 44.3 Å². The van der Waals surface area contributed by atoms with Crippen molar-refractivity contribution in [3.63, 3.8) is 0 Å². The van der Waals surface area contributed by atoms with E-state index in [-0.39, 0.29) is 24.1 Å². The maximum absolute atomic E-state index is 13.9. The van der Waals surface area contributed by atoms with Gasteiger partial charge in [0.05, 0.1) is 13.3 Å². The summed E-state index contributed by atoms with van der Waals surface area (Å²) in [5.41, 5.74) is 3.43. The van der Waals surface area contributed by atoms with Crippen LogP contribution in [-0.4, -0.2) is 53.0 Å². The second kappa shape index (κ2) is 12.0. The van der Waals surface area contributed by atoms with Crippen molar-refractivity contribution in [1.29, 1.82) is 0 Å². The van der Waals surface area contributed by atoms with Gasteiger partial charge in [-0.1, -0.05) is 42.5 Å². The number of amides is 3. The van der Waals surface area contributed by atoms with Gasteiger partial charge >= 0.3 is 0 Å². The van der Waals surface area contributed by atoms with Crippen molar-refractivity contribution in [1.82, 2.24) is 15.1 Å². The molecule has 1 heterocycles. The van der Waals surface area contributed by atoms with E-state index >= 15 is 0 Å². The van der Waals surface area contributed by atoms with Gasteiger partial charge in [-0.2, -0.15) is 4.79 Å². The third-order valence-corrected chi connectivity index (χ3v) is 6.17. The average molecular weight is 527 g/mol. The Bertz CT molecular complexity index is 1430. The van der Waals surface area contributed by atoms with Crippen molar-refractivity contribution >= 4 is 29.1 Å². The highest BCUT2D eigenvalue weighted by Crippen LogP contribution is 2.23. The van der Waals surface area contributed by atoms with Crippen LogP contribution >= 0.6 is 0 Å². The molecule has 0 aliphatic rings. The van der Waals surface area contributed by atoms with E-state index in [1.807, 2.05) is 30.3 Å². The second-order valence-electron chi connectivity index (χ2n) is 8.95. The number of carbonyl (C=O) groups is 3. The normalized spacial score (nSPS) is 11.4. The number of hydrogen-bond donors (Lipinski definition) is 1. The molecule has 0 bridgehead atoms. The summed E-state index contributed by atoms with van der Waals surface area (Å²) in [5, 5.41) is 12.5. The summed E-state index contributed by atoms with van der Waals surface area (Å²) in [6.45, 7) is 2.83. The smallest absolute Gasteiger partial charge is 0.252 e. The Morgan fingerprint density at radius 2 is 1.62 bits per heavy atom. The highest BCUT2D eigenvalue weighted by molar-refractivity contribution is 6.02. The molecule has 1 aromatic heterocycles. The Hall–Kier alpha value is -4.99. The van der Waals surface area contributed by atoms with Crippen molar-refractivity contribution in [3.05, 3.63) is 90.6 Å². The van der Waals surface area contributed by atoms with E-state index < -0.39 is 6.04 Å². The number of rotatable bonds is 9. The summed E-state index contributed by atoms with van der Waals surface area (Å²) in [5.74, 6) is -0.161. The van der Waals surface area contributed by atoms with Crippen LogP contribution in [0.3, 0.4) is 0 Å². The van der Waals surface area contributed by atoms with Gasteiger partial charge in [-0.3, -0.25) is 14.4 Å². The molecule has 3 amide bonds. The van der Waals surface area contributed by atoms with Crippen LogP contribution in [0.1, 0.15) is 19.4 Å². The molecule has 0 radical (unpaired) electrons. The summed E-state index contributed by atoms with van der Waals surface area (Å²) in [7, 11) is 3.25. The van der Waals surface area contributed by atoms with Crippen LogP contribution in [0.15, 0.2) is 85.1 Å². The van der Waals surface area contributed by atoms with Crippen molar-refractivity contribution in [2.24, 2.45) is 0 Å². The van der Waals surface area contributed by atoms with Gasteiger partial charge in [0.15, 0.2) is 0 Å². The van der Waals surface area contributed by atoms with Crippen LogP contribution in [0.5, 0.6) is 5.75 Å². The SMILES string of the molecule is COc1ccc(N(C)C(=O)[C@H](Cc2ccccc2)N(C(C)=O)n2cc(-c3ccc(NC(C)=O)cc3)nn2)cc1. The number of aromatic nitrogens is 3. The van der Waals surface area contributed by atoms with Crippen LogP contribution in [-0.2, 0) is 20.8 Å². The van der Waals surface area contributed by atoms with Gasteiger partial charge < -0.3 is 15.0 Å². The van der Waals surface area contributed by atoms with Crippen LogP contribution in [0.25, 0.3) is 11.3 Å². The lowest BCUT2D eigenvalue weighted by Crippen LogP contribution is -2.56. The lowest BCUT2D eigenvalue weighted by atomic mass is 10.0. The molecular weight excluding hydrogens is 496 g/mol. The molecule has 0 fully saturated rings. The molecule has 39 heavy (non-hydrogen) atoms. The van der Waals surface area contributed by atoms with Crippen LogP contribution in [0, 0.1) is 0 Å². The van der Waals surface area contributed by atoms with Crippen LogP contribution in [0.2, 0.25) is 0 Å². The van der Waals surface area contributed by atoms with Crippen molar-refractivity contribution in [3.8, 4) is 17.0 Å². The van der Waals surface area contributed by atoms with Crippen molar-refractivity contribution in [2.75, 3.05) is 29.4 Å². The van der Waals surface area contributed by atoms with E-state index in [2.05, 4.69) is 15.6 Å².